The van der Waals surface area contributed by atoms with Crippen LogP contribution in [-0.4, -0.2) is 18.1 Å². The summed E-state index contributed by atoms with van der Waals surface area (Å²) < 4.78 is 5.78. The molecule has 0 fully saturated rings. The number of para-hydroxylation sites is 1. The van der Waals surface area contributed by atoms with Gasteiger partial charge in [-0.15, -0.1) is 0 Å². The van der Waals surface area contributed by atoms with Gasteiger partial charge in [-0.1, -0.05) is 42.5 Å². The summed E-state index contributed by atoms with van der Waals surface area (Å²) in [7, 11) is 7.01. The molecule has 0 unspecified atom stereocenters. The van der Waals surface area contributed by atoms with Crippen LogP contribution in [0.5, 0.6) is 5.75 Å². The van der Waals surface area contributed by atoms with Crippen molar-refractivity contribution in [2.75, 3.05) is 13.2 Å². The second-order valence-electron chi connectivity index (χ2n) is 5.50. The van der Waals surface area contributed by atoms with E-state index in [-0.39, 0.29) is 0 Å². The molecule has 0 saturated carbocycles. The minimum atomic E-state index is 0.584. The fourth-order valence-electron chi connectivity index (χ4n) is 2.47. The van der Waals surface area contributed by atoms with Gasteiger partial charge in [-0.05, 0) is 51.0 Å². The minimum Gasteiger partial charge on any atom is -0.491 e. The number of nitrogens with one attached hydrogen (secondary N) is 1. The Labute approximate surface area is 156 Å². The summed E-state index contributed by atoms with van der Waals surface area (Å²) in [6.45, 7) is 2.08. The zero-order valence-corrected chi connectivity index (χ0v) is 15.3. The molecule has 25 heavy (non-hydrogen) atoms. The number of halogens is 1. The molecule has 3 aromatic rings. The molecular weight excluding hydrogens is 352 g/mol. The molecule has 3 nitrogen and oxygen atoms in total. The number of pyridine rings is 1. The van der Waals surface area contributed by atoms with Crippen molar-refractivity contribution in [3.05, 3.63) is 78.6 Å². The largest absolute Gasteiger partial charge is 0.491 e. The van der Waals surface area contributed by atoms with E-state index in [1.165, 1.54) is 16.5 Å². The van der Waals surface area contributed by atoms with E-state index < -0.39 is 0 Å². The van der Waals surface area contributed by atoms with Gasteiger partial charge in [0.05, 0.1) is 4.90 Å². The van der Waals surface area contributed by atoms with Gasteiger partial charge in [0.15, 0.2) is 0 Å². The van der Waals surface area contributed by atoms with Crippen LogP contribution >= 0.6 is 21.7 Å². The topological polar surface area (TPSA) is 34.1 Å². The van der Waals surface area contributed by atoms with Gasteiger partial charge in [0, 0.05) is 31.0 Å². The van der Waals surface area contributed by atoms with Crippen molar-refractivity contribution in [2.24, 2.45) is 0 Å². The van der Waals surface area contributed by atoms with Crippen molar-refractivity contribution < 1.29 is 4.74 Å². The Kier molecular flexibility index (Phi) is 6.74. The summed E-state index contributed by atoms with van der Waals surface area (Å²) in [4.78, 5) is 5.28. The quantitative estimate of drug-likeness (QED) is 0.555. The molecule has 1 aromatic heterocycles. The third-order valence-corrected chi connectivity index (χ3v) is 4.70. The van der Waals surface area contributed by atoms with Crippen LogP contribution in [0.3, 0.4) is 0 Å². The van der Waals surface area contributed by atoms with Gasteiger partial charge in [-0.3, -0.25) is 4.98 Å². The summed E-state index contributed by atoms with van der Waals surface area (Å²) in [6.07, 6.45) is 3.78. The molecule has 0 spiro atoms. The summed E-state index contributed by atoms with van der Waals surface area (Å²) in [5, 5.41) is 3.38. The van der Waals surface area contributed by atoms with E-state index in [0.717, 1.165) is 34.9 Å². The third kappa shape index (κ3) is 5.23. The van der Waals surface area contributed by atoms with Crippen LogP contribution in [0.15, 0.2) is 78.0 Å². The lowest BCUT2D eigenvalue weighted by Crippen LogP contribution is -2.20. The number of benzene rings is 2. The van der Waals surface area contributed by atoms with Crippen LogP contribution < -0.4 is 10.1 Å². The minimum absolute atomic E-state index is 0.584. The lowest BCUT2D eigenvalue weighted by molar-refractivity contribution is 0.307. The van der Waals surface area contributed by atoms with Crippen molar-refractivity contribution in [1.82, 2.24) is 10.3 Å². The number of nitrogens with zero attached hydrogens (tertiary/aromatic N) is 1. The van der Waals surface area contributed by atoms with Crippen LogP contribution in [0.2, 0.25) is 0 Å². The van der Waals surface area contributed by atoms with Crippen LogP contribution in [0.1, 0.15) is 5.56 Å². The lowest BCUT2D eigenvalue weighted by Gasteiger charge is -2.10. The first-order valence-corrected chi connectivity index (χ1v) is 9.71. The maximum Gasteiger partial charge on any atom is 0.134 e. The molecule has 0 aliphatic heterocycles. The molecule has 128 valence electrons. The maximum absolute atomic E-state index is 5.83. The van der Waals surface area contributed by atoms with Crippen LogP contribution in [0.25, 0.3) is 11.1 Å². The highest BCUT2D eigenvalue weighted by molar-refractivity contribution is 8.21. The molecule has 0 atom stereocenters. The molecule has 3 rings (SSSR count). The van der Waals surface area contributed by atoms with Crippen molar-refractivity contribution in [1.29, 1.82) is 0 Å². The van der Waals surface area contributed by atoms with Crippen LogP contribution in [0.4, 0.5) is 0 Å². The Hall–Kier alpha value is -2.01. The smallest absolute Gasteiger partial charge is 0.134 e. The van der Waals surface area contributed by atoms with Crippen molar-refractivity contribution in [3.8, 4) is 16.9 Å². The molecule has 5 heteroatoms. The molecule has 2 aromatic carbocycles. The number of ether oxygens (including phenoxy) is 1. The predicted molar refractivity (Wildman–Crippen MR) is 105 cm³/mol. The summed E-state index contributed by atoms with van der Waals surface area (Å²) in [6, 6.07) is 20.2. The Bertz CT molecular complexity index is 798. The van der Waals surface area contributed by atoms with E-state index >= 15 is 0 Å². The number of rotatable bonds is 8. The van der Waals surface area contributed by atoms with Gasteiger partial charge in [0.25, 0.3) is 0 Å². The Balaban J connectivity index is 1.48. The van der Waals surface area contributed by atoms with E-state index in [1.54, 1.807) is 0 Å². The van der Waals surface area contributed by atoms with Crippen molar-refractivity contribution in [2.45, 2.75) is 11.4 Å². The normalized spacial score (nSPS) is 10.6. The molecule has 1 N–H and O–H groups in total. The molecule has 0 bridgehead atoms. The number of hydrogen-bond acceptors (Lipinski definition) is 4. The monoisotopic (exact) mass is 370 g/mol. The molecule has 0 aliphatic rings. The van der Waals surface area contributed by atoms with Crippen molar-refractivity contribution >= 4 is 21.7 Å². The molecule has 0 aliphatic carbocycles. The average molecular weight is 371 g/mol. The van der Waals surface area contributed by atoms with Gasteiger partial charge in [0.1, 0.15) is 12.4 Å². The van der Waals surface area contributed by atoms with Gasteiger partial charge in [-0.25, -0.2) is 0 Å². The number of aromatic nitrogens is 1. The van der Waals surface area contributed by atoms with E-state index in [0.29, 0.717) is 6.61 Å². The highest BCUT2D eigenvalue weighted by atomic mass is 35.7. The van der Waals surface area contributed by atoms with E-state index in [2.05, 4.69) is 28.5 Å². The van der Waals surface area contributed by atoms with Crippen LogP contribution in [0, 0.1) is 0 Å². The summed E-state index contributed by atoms with van der Waals surface area (Å²) in [5.41, 5.74) is 3.46. The first-order valence-electron chi connectivity index (χ1n) is 8.07. The summed E-state index contributed by atoms with van der Waals surface area (Å²) >= 11 is 0. The Morgan fingerprint density at radius 2 is 1.76 bits per heavy atom. The molecule has 1 heterocycles. The Morgan fingerprint density at radius 3 is 2.60 bits per heavy atom. The van der Waals surface area contributed by atoms with E-state index in [1.807, 2.05) is 54.9 Å². The maximum atomic E-state index is 5.83. The number of hydrogen-bond donors (Lipinski definition) is 1. The van der Waals surface area contributed by atoms with Gasteiger partial charge < -0.3 is 10.1 Å². The lowest BCUT2D eigenvalue weighted by atomic mass is 10.1. The molecule has 0 saturated heterocycles. The zero-order chi connectivity index (χ0) is 17.3. The first kappa shape index (κ1) is 17.8. The molecular formula is C20H19ClN2OS. The van der Waals surface area contributed by atoms with Crippen molar-refractivity contribution in [3.63, 3.8) is 0 Å². The van der Waals surface area contributed by atoms with Gasteiger partial charge in [-0.2, -0.15) is 0 Å². The SMILES string of the molecule is ClSc1ccccc1OCCNCc1cncc(-c2ccccc2)c1. The second kappa shape index (κ2) is 9.47. The van der Waals surface area contributed by atoms with E-state index in [9.17, 15) is 0 Å². The highest BCUT2D eigenvalue weighted by Gasteiger charge is 2.03. The molecule has 0 amide bonds. The standard InChI is InChI=1S/C20H19ClN2OS/c21-25-20-9-5-4-8-19(20)24-11-10-22-13-16-12-18(15-23-14-16)17-6-2-1-3-7-17/h1-9,12,14-15,22H,10-11,13H2. The zero-order valence-electron chi connectivity index (χ0n) is 13.7. The van der Waals surface area contributed by atoms with Crippen LogP contribution in [-0.2, 0) is 6.54 Å². The Morgan fingerprint density at radius 1 is 0.960 bits per heavy atom. The summed E-state index contributed by atoms with van der Waals surface area (Å²) in [5.74, 6) is 0.817. The highest BCUT2D eigenvalue weighted by Crippen LogP contribution is 2.31. The average Bonchev–Trinajstić information content (AvgIpc) is 2.69. The third-order valence-electron chi connectivity index (χ3n) is 3.70. The second-order valence-corrected chi connectivity index (χ2v) is 6.55. The van der Waals surface area contributed by atoms with E-state index in [4.69, 9.17) is 15.4 Å². The van der Waals surface area contributed by atoms with Gasteiger partial charge in [0.2, 0.25) is 0 Å². The first-order chi connectivity index (χ1) is 12.4. The predicted octanol–water partition coefficient (Wildman–Crippen LogP) is 5.16. The molecule has 0 radical (unpaired) electrons. The van der Waals surface area contributed by atoms with Gasteiger partial charge >= 0.3 is 0 Å². The fourth-order valence-corrected chi connectivity index (χ4v) is 3.19. The fraction of sp³-hybridized carbons (Fsp3) is 0.150.